The largest absolute Gasteiger partial charge is 0.494 e. The minimum atomic E-state index is -0.121. The lowest BCUT2D eigenvalue weighted by molar-refractivity contribution is -0.0443. The molecule has 0 atom stereocenters. The zero-order chi connectivity index (χ0) is 25.5. The van der Waals surface area contributed by atoms with Crippen LogP contribution < -0.4 is 9.47 Å². The van der Waals surface area contributed by atoms with Gasteiger partial charge in [0.1, 0.15) is 42.4 Å². The van der Waals surface area contributed by atoms with Crippen molar-refractivity contribution in [1.82, 2.24) is 0 Å². The van der Waals surface area contributed by atoms with Crippen LogP contribution in [0.2, 0.25) is 12.1 Å². The molecule has 0 aliphatic rings. The summed E-state index contributed by atoms with van der Waals surface area (Å²) in [7, 11) is 7.94. The SMILES string of the molecule is COC(OC)[Si]CCCOc1ccc(C(C)(C)c2ccc(OCCC[Si]C(OC)OC)cc2)cc1. The molecular formula is C27H40O6Si2. The van der Waals surface area contributed by atoms with Gasteiger partial charge in [0, 0.05) is 33.9 Å². The lowest BCUT2D eigenvalue weighted by Crippen LogP contribution is -2.21. The van der Waals surface area contributed by atoms with E-state index in [9.17, 15) is 0 Å². The van der Waals surface area contributed by atoms with Crippen molar-refractivity contribution in [1.29, 1.82) is 0 Å². The van der Waals surface area contributed by atoms with Crippen molar-refractivity contribution < 1.29 is 28.4 Å². The molecule has 0 spiro atoms. The summed E-state index contributed by atoms with van der Waals surface area (Å²) in [5.41, 5.74) is 2.37. The van der Waals surface area contributed by atoms with E-state index in [1.54, 1.807) is 28.4 Å². The molecule has 35 heavy (non-hydrogen) atoms. The zero-order valence-electron chi connectivity index (χ0n) is 22.0. The Morgan fingerprint density at radius 1 is 0.600 bits per heavy atom. The molecule has 0 heterocycles. The monoisotopic (exact) mass is 516 g/mol. The Kier molecular flexibility index (Phi) is 13.6. The Morgan fingerprint density at radius 3 is 1.26 bits per heavy atom. The van der Waals surface area contributed by atoms with Crippen molar-refractivity contribution >= 4 is 19.0 Å². The molecule has 2 aromatic carbocycles. The Bertz CT molecular complexity index is 738. The molecule has 0 saturated carbocycles. The number of hydrogen-bond donors (Lipinski definition) is 0. The van der Waals surface area contributed by atoms with E-state index in [0.29, 0.717) is 32.3 Å². The second kappa shape index (κ2) is 16.1. The third-order valence-electron chi connectivity index (χ3n) is 5.81. The van der Waals surface area contributed by atoms with E-state index in [-0.39, 0.29) is 17.2 Å². The van der Waals surface area contributed by atoms with Gasteiger partial charge in [-0.25, -0.2) is 0 Å². The van der Waals surface area contributed by atoms with Crippen molar-refractivity contribution in [2.45, 2.75) is 56.0 Å². The highest BCUT2D eigenvalue weighted by Crippen LogP contribution is 2.33. The topological polar surface area (TPSA) is 55.4 Å². The first-order valence-electron chi connectivity index (χ1n) is 12.0. The molecule has 2 aromatic rings. The molecule has 8 heteroatoms. The van der Waals surface area contributed by atoms with Crippen molar-refractivity contribution in [2.75, 3.05) is 41.7 Å². The average Bonchev–Trinajstić information content (AvgIpc) is 2.89. The number of ether oxygens (including phenoxy) is 6. The summed E-state index contributed by atoms with van der Waals surface area (Å²) in [6, 6.07) is 18.9. The quantitative estimate of drug-likeness (QED) is 0.159. The molecule has 0 bridgehead atoms. The van der Waals surface area contributed by atoms with Crippen LogP contribution in [-0.2, 0) is 24.4 Å². The summed E-state index contributed by atoms with van der Waals surface area (Å²) in [6.07, 6.45) is 1.95. The summed E-state index contributed by atoms with van der Waals surface area (Å²) in [4.78, 5) is 0. The lowest BCUT2D eigenvalue weighted by Gasteiger charge is -2.26. The van der Waals surface area contributed by atoms with Crippen LogP contribution in [0.5, 0.6) is 11.5 Å². The predicted molar refractivity (Wildman–Crippen MR) is 142 cm³/mol. The molecule has 0 fully saturated rings. The highest BCUT2D eigenvalue weighted by molar-refractivity contribution is 6.36. The molecule has 192 valence electrons. The zero-order valence-corrected chi connectivity index (χ0v) is 24.0. The maximum atomic E-state index is 5.92. The highest BCUT2D eigenvalue weighted by Gasteiger charge is 2.23. The van der Waals surface area contributed by atoms with Gasteiger partial charge in [0.15, 0.2) is 0 Å². The van der Waals surface area contributed by atoms with Crippen LogP contribution >= 0.6 is 0 Å². The maximum absolute atomic E-state index is 5.92. The van der Waals surface area contributed by atoms with Crippen molar-refractivity contribution in [3.8, 4) is 11.5 Å². The van der Waals surface area contributed by atoms with E-state index < -0.39 is 0 Å². The van der Waals surface area contributed by atoms with Gasteiger partial charge in [0.25, 0.3) is 0 Å². The standard InChI is InChI=1S/C27H40O6Si2/c1-27(2,21-9-13-23(14-10-21)32-17-7-19-34-25(28-3)29-4)22-11-15-24(16-12-22)33-18-8-20-35-26(30-5)31-6/h9-16,25-26H,7-8,17-20H2,1-6H3. The first kappa shape index (κ1) is 29.5. The summed E-state index contributed by atoms with van der Waals surface area (Å²) in [5.74, 6) is 1.59. The van der Waals surface area contributed by atoms with Crippen LogP contribution in [0.3, 0.4) is 0 Å². The second-order valence-electron chi connectivity index (χ2n) is 8.59. The summed E-state index contributed by atoms with van der Waals surface area (Å²) < 4.78 is 32.7. The maximum Gasteiger partial charge on any atom is 0.136 e. The van der Waals surface area contributed by atoms with Gasteiger partial charge in [-0.15, -0.1) is 0 Å². The van der Waals surface area contributed by atoms with Gasteiger partial charge in [0.2, 0.25) is 0 Å². The van der Waals surface area contributed by atoms with E-state index >= 15 is 0 Å². The van der Waals surface area contributed by atoms with E-state index in [1.807, 2.05) is 0 Å². The minimum Gasteiger partial charge on any atom is -0.494 e. The molecule has 0 aliphatic heterocycles. The number of hydrogen-bond acceptors (Lipinski definition) is 6. The minimum absolute atomic E-state index is 0.104. The van der Waals surface area contributed by atoms with Gasteiger partial charge in [-0.2, -0.15) is 0 Å². The first-order chi connectivity index (χ1) is 16.9. The van der Waals surface area contributed by atoms with Gasteiger partial charge < -0.3 is 28.4 Å². The molecule has 0 N–H and O–H groups in total. The second-order valence-corrected chi connectivity index (χ2v) is 11.4. The Balaban J connectivity index is 1.79. The molecule has 0 unspecified atom stereocenters. The molecule has 0 amide bonds. The van der Waals surface area contributed by atoms with E-state index in [0.717, 1.165) is 36.4 Å². The van der Waals surface area contributed by atoms with Crippen LogP contribution in [0.1, 0.15) is 37.8 Å². The summed E-state index contributed by atoms with van der Waals surface area (Å²) in [6.45, 7) is 5.86. The molecular weight excluding hydrogens is 476 g/mol. The van der Waals surface area contributed by atoms with E-state index in [1.165, 1.54) is 11.1 Å². The molecule has 0 aliphatic carbocycles. The normalized spacial score (nSPS) is 11.9. The summed E-state index contributed by atoms with van der Waals surface area (Å²) >= 11 is 0. The summed E-state index contributed by atoms with van der Waals surface area (Å²) in [5, 5.41) is 0. The highest BCUT2D eigenvalue weighted by atomic mass is 28.2. The Labute approximate surface area is 216 Å². The third kappa shape index (κ3) is 10.1. The number of rotatable bonds is 18. The van der Waals surface area contributed by atoms with Crippen molar-refractivity contribution in [3.63, 3.8) is 0 Å². The van der Waals surface area contributed by atoms with Crippen LogP contribution in [0, 0.1) is 0 Å². The molecule has 0 aromatic heterocycles. The van der Waals surface area contributed by atoms with Gasteiger partial charge >= 0.3 is 0 Å². The number of methoxy groups -OCH3 is 4. The lowest BCUT2D eigenvalue weighted by atomic mass is 9.78. The fourth-order valence-electron chi connectivity index (χ4n) is 3.59. The first-order valence-corrected chi connectivity index (χ1v) is 14.6. The van der Waals surface area contributed by atoms with Crippen LogP contribution in [0.4, 0.5) is 0 Å². The van der Waals surface area contributed by atoms with E-state index in [4.69, 9.17) is 28.4 Å². The van der Waals surface area contributed by atoms with Crippen LogP contribution in [0.15, 0.2) is 48.5 Å². The Morgan fingerprint density at radius 2 is 0.943 bits per heavy atom. The van der Waals surface area contributed by atoms with Gasteiger partial charge in [-0.1, -0.05) is 50.2 Å². The van der Waals surface area contributed by atoms with Gasteiger partial charge in [0.05, 0.1) is 13.2 Å². The van der Waals surface area contributed by atoms with Crippen molar-refractivity contribution in [2.24, 2.45) is 0 Å². The Hall–Kier alpha value is -1.69. The molecule has 6 nitrogen and oxygen atoms in total. The molecule has 4 radical (unpaired) electrons. The molecule has 0 saturated heterocycles. The van der Waals surface area contributed by atoms with Crippen LogP contribution in [0.25, 0.3) is 0 Å². The van der Waals surface area contributed by atoms with Crippen LogP contribution in [-0.4, -0.2) is 72.5 Å². The van der Waals surface area contributed by atoms with E-state index in [2.05, 4.69) is 62.4 Å². The van der Waals surface area contributed by atoms with Gasteiger partial charge in [-0.3, -0.25) is 0 Å². The fraction of sp³-hybridized carbons (Fsp3) is 0.556. The average molecular weight is 517 g/mol. The smallest absolute Gasteiger partial charge is 0.136 e. The molecule has 2 rings (SSSR count). The number of benzene rings is 2. The predicted octanol–water partition coefficient (Wildman–Crippen LogP) is 4.95. The van der Waals surface area contributed by atoms with Crippen molar-refractivity contribution in [3.05, 3.63) is 59.7 Å². The fourth-order valence-corrected chi connectivity index (χ4v) is 5.43. The van der Waals surface area contributed by atoms with Gasteiger partial charge in [-0.05, 0) is 48.2 Å². The third-order valence-corrected chi connectivity index (χ3v) is 8.70.